The lowest BCUT2D eigenvalue weighted by molar-refractivity contribution is -0.124. The number of likely N-dealkylation sites (tertiary alicyclic amines) is 1. The third kappa shape index (κ3) is 1.99. The molecular formula is C13H14N4O2. The van der Waals surface area contributed by atoms with Crippen molar-refractivity contribution in [3.05, 3.63) is 30.4 Å². The largest absolute Gasteiger partial charge is 0.337 e. The minimum atomic E-state index is -0.0855. The number of hydrogen-bond donors (Lipinski definition) is 0. The van der Waals surface area contributed by atoms with Crippen molar-refractivity contribution in [2.24, 2.45) is 5.92 Å². The van der Waals surface area contributed by atoms with Crippen molar-refractivity contribution in [1.82, 2.24) is 19.5 Å². The molecule has 0 N–H and O–H groups in total. The molecule has 0 radical (unpaired) electrons. The molecule has 1 amide bonds. The third-order valence-electron chi connectivity index (χ3n) is 3.51. The Hall–Kier alpha value is -2.24. The number of aromatic nitrogens is 3. The number of amides is 1. The van der Waals surface area contributed by atoms with E-state index in [1.165, 1.54) is 0 Å². The number of fused-ring (bicyclic) bond motifs is 1. The van der Waals surface area contributed by atoms with Gasteiger partial charge < -0.3 is 4.90 Å². The normalized spacial score (nSPS) is 19.9. The molecule has 0 spiro atoms. The molecule has 0 saturated carbocycles. The fourth-order valence-electron chi connectivity index (χ4n) is 2.37. The van der Waals surface area contributed by atoms with Crippen LogP contribution in [0.2, 0.25) is 0 Å². The first kappa shape index (κ1) is 11.8. The quantitative estimate of drug-likeness (QED) is 0.758. The molecule has 6 heteroatoms. The Morgan fingerprint density at radius 1 is 1.42 bits per heavy atom. The second-order valence-electron chi connectivity index (χ2n) is 4.83. The summed E-state index contributed by atoms with van der Waals surface area (Å²) in [4.78, 5) is 29.7. The van der Waals surface area contributed by atoms with E-state index >= 15 is 0 Å². The molecule has 1 saturated heterocycles. The Balaban J connectivity index is 1.90. The number of piperidine rings is 1. The van der Waals surface area contributed by atoms with Crippen LogP contribution in [-0.2, 0) is 4.79 Å². The van der Waals surface area contributed by atoms with Gasteiger partial charge in [-0.2, -0.15) is 5.10 Å². The summed E-state index contributed by atoms with van der Waals surface area (Å²) in [5.74, 6) is 0.0607. The summed E-state index contributed by atoms with van der Waals surface area (Å²) < 4.78 is 1.62. The lowest BCUT2D eigenvalue weighted by atomic mass is 9.98. The van der Waals surface area contributed by atoms with Gasteiger partial charge in [0.25, 0.3) is 5.91 Å². The maximum atomic E-state index is 12.5. The van der Waals surface area contributed by atoms with Crippen LogP contribution in [0, 0.1) is 5.92 Å². The third-order valence-corrected chi connectivity index (χ3v) is 3.51. The molecule has 1 aliphatic heterocycles. The second kappa shape index (κ2) is 4.46. The van der Waals surface area contributed by atoms with Crippen molar-refractivity contribution in [3.8, 4) is 0 Å². The molecule has 1 fully saturated rings. The van der Waals surface area contributed by atoms with Gasteiger partial charge in [-0.15, -0.1) is 0 Å². The Bertz CT molecular complexity index is 649. The average Bonchev–Trinajstić information content (AvgIpc) is 2.85. The topological polar surface area (TPSA) is 67.6 Å². The molecule has 1 atom stereocenters. The predicted octanol–water partition coefficient (Wildman–Crippen LogP) is 0.780. The van der Waals surface area contributed by atoms with E-state index in [4.69, 9.17) is 0 Å². The van der Waals surface area contributed by atoms with E-state index in [1.54, 1.807) is 34.2 Å². The van der Waals surface area contributed by atoms with Gasteiger partial charge in [-0.05, 0) is 0 Å². The van der Waals surface area contributed by atoms with E-state index in [-0.39, 0.29) is 17.6 Å². The maximum absolute atomic E-state index is 12.5. The summed E-state index contributed by atoms with van der Waals surface area (Å²) in [6.07, 6.45) is 6.94. The molecular weight excluding hydrogens is 244 g/mol. The minimum absolute atomic E-state index is 0.0812. The van der Waals surface area contributed by atoms with Gasteiger partial charge >= 0.3 is 0 Å². The molecule has 3 rings (SSSR count). The van der Waals surface area contributed by atoms with Gasteiger partial charge in [0.05, 0.1) is 23.5 Å². The summed E-state index contributed by atoms with van der Waals surface area (Å²) in [5.41, 5.74) is 1.23. The molecule has 98 valence electrons. The molecule has 0 aromatic carbocycles. The highest BCUT2D eigenvalue weighted by atomic mass is 16.2. The van der Waals surface area contributed by atoms with Crippen molar-refractivity contribution in [2.75, 3.05) is 13.1 Å². The monoisotopic (exact) mass is 258 g/mol. The van der Waals surface area contributed by atoms with Gasteiger partial charge in [-0.25, -0.2) is 4.52 Å². The van der Waals surface area contributed by atoms with Gasteiger partial charge in [-0.1, -0.05) is 6.92 Å². The van der Waals surface area contributed by atoms with Gasteiger partial charge in [-0.3, -0.25) is 14.6 Å². The molecule has 6 nitrogen and oxygen atoms in total. The lowest BCUT2D eigenvalue weighted by Crippen LogP contribution is -2.43. The van der Waals surface area contributed by atoms with E-state index < -0.39 is 0 Å². The Labute approximate surface area is 110 Å². The standard InChI is InChI=1S/C13H14N4O2/c1-9-8-16(4-2-12(9)18)13(19)10-6-15-17-5-3-14-7-11(10)17/h3,5-7,9H,2,4,8H2,1H3. The van der Waals surface area contributed by atoms with Gasteiger partial charge in [0, 0.05) is 37.8 Å². The Morgan fingerprint density at radius 2 is 2.26 bits per heavy atom. The van der Waals surface area contributed by atoms with Crippen LogP contribution in [0.5, 0.6) is 0 Å². The zero-order chi connectivity index (χ0) is 13.4. The molecule has 0 bridgehead atoms. The van der Waals surface area contributed by atoms with E-state index in [1.807, 2.05) is 6.92 Å². The predicted molar refractivity (Wildman–Crippen MR) is 67.7 cm³/mol. The number of ketones is 1. The number of carbonyl (C=O) groups excluding carboxylic acids is 2. The van der Waals surface area contributed by atoms with Crippen LogP contribution >= 0.6 is 0 Å². The van der Waals surface area contributed by atoms with Gasteiger partial charge in [0.1, 0.15) is 5.78 Å². The number of Topliss-reactive ketones (excluding diaryl/α,β-unsaturated/α-hetero) is 1. The minimum Gasteiger partial charge on any atom is -0.337 e. The van der Waals surface area contributed by atoms with Crippen LogP contribution in [0.15, 0.2) is 24.8 Å². The summed E-state index contributed by atoms with van der Waals surface area (Å²) in [6.45, 7) is 2.83. The smallest absolute Gasteiger partial charge is 0.257 e. The highest BCUT2D eigenvalue weighted by Crippen LogP contribution is 2.17. The molecule has 19 heavy (non-hydrogen) atoms. The first-order valence-electron chi connectivity index (χ1n) is 6.26. The number of carbonyl (C=O) groups is 2. The SMILES string of the molecule is CC1CN(C(=O)c2cnn3ccncc23)CCC1=O. The zero-order valence-corrected chi connectivity index (χ0v) is 10.6. The van der Waals surface area contributed by atoms with E-state index in [0.717, 1.165) is 0 Å². The zero-order valence-electron chi connectivity index (χ0n) is 10.6. The van der Waals surface area contributed by atoms with Crippen LogP contribution in [0.4, 0.5) is 0 Å². The van der Waals surface area contributed by atoms with Gasteiger partial charge in [0.2, 0.25) is 0 Å². The van der Waals surface area contributed by atoms with E-state index in [9.17, 15) is 9.59 Å². The Morgan fingerprint density at radius 3 is 3.05 bits per heavy atom. The van der Waals surface area contributed by atoms with Crippen LogP contribution in [0.25, 0.3) is 5.52 Å². The first-order chi connectivity index (χ1) is 9.16. The number of rotatable bonds is 1. The summed E-state index contributed by atoms with van der Waals surface area (Å²) in [5, 5.41) is 4.13. The molecule has 2 aromatic heterocycles. The highest BCUT2D eigenvalue weighted by Gasteiger charge is 2.28. The molecule has 1 unspecified atom stereocenters. The first-order valence-corrected chi connectivity index (χ1v) is 6.26. The summed E-state index contributed by atoms with van der Waals surface area (Å²) >= 11 is 0. The van der Waals surface area contributed by atoms with Crippen molar-refractivity contribution >= 4 is 17.2 Å². The fourth-order valence-corrected chi connectivity index (χ4v) is 2.37. The lowest BCUT2D eigenvalue weighted by Gasteiger charge is -2.29. The molecule has 3 heterocycles. The van der Waals surface area contributed by atoms with Crippen molar-refractivity contribution in [3.63, 3.8) is 0 Å². The molecule has 1 aliphatic rings. The molecule has 2 aromatic rings. The van der Waals surface area contributed by atoms with Crippen LogP contribution in [0.1, 0.15) is 23.7 Å². The van der Waals surface area contributed by atoms with Crippen LogP contribution in [-0.4, -0.2) is 44.3 Å². The van der Waals surface area contributed by atoms with Crippen molar-refractivity contribution in [2.45, 2.75) is 13.3 Å². The Kier molecular flexibility index (Phi) is 2.77. The van der Waals surface area contributed by atoms with Crippen LogP contribution in [0.3, 0.4) is 0 Å². The fraction of sp³-hybridized carbons (Fsp3) is 0.385. The highest BCUT2D eigenvalue weighted by molar-refractivity contribution is 6.01. The maximum Gasteiger partial charge on any atom is 0.257 e. The van der Waals surface area contributed by atoms with Crippen molar-refractivity contribution < 1.29 is 9.59 Å². The van der Waals surface area contributed by atoms with Gasteiger partial charge in [0.15, 0.2) is 0 Å². The van der Waals surface area contributed by atoms with E-state index in [0.29, 0.717) is 30.6 Å². The second-order valence-corrected chi connectivity index (χ2v) is 4.83. The number of hydrogen-bond acceptors (Lipinski definition) is 4. The molecule has 0 aliphatic carbocycles. The average molecular weight is 258 g/mol. The number of nitrogens with zero attached hydrogens (tertiary/aromatic N) is 4. The van der Waals surface area contributed by atoms with E-state index in [2.05, 4.69) is 10.1 Å². The summed E-state index contributed by atoms with van der Waals surface area (Å²) in [7, 11) is 0. The van der Waals surface area contributed by atoms with Crippen molar-refractivity contribution in [1.29, 1.82) is 0 Å². The van der Waals surface area contributed by atoms with Crippen LogP contribution < -0.4 is 0 Å². The summed E-state index contributed by atoms with van der Waals surface area (Å²) in [6, 6.07) is 0.